The van der Waals surface area contributed by atoms with E-state index >= 15 is 0 Å². The number of hydrogen-bond donors (Lipinski definition) is 0. The summed E-state index contributed by atoms with van der Waals surface area (Å²) in [5.74, 6) is 0.421. The van der Waals surface area contributed by atoms with E-state index in [0.29, 0.717) is 28.4 Å². The Hall–Kier alpha value is -0.390. The van der Waals surface area contributed by atoms with Gasteiger partial charge in [0.2, 0.25) is 10.0 Å². The summed E-state index contributed by atoms with van der Waals surface area (Å²) in [7, 11) is -3.38. The van der Waals surface area contributed by atoms with Crippen molar-refractivity contribution in [1.82, 2.24) is 4.31 Å². The molecule has 1 fully saturated rings. The van der Waals surface area contributed by atoms with Crippen LogP contribution in [0.1, 0.15) is 27.2 Å². The Kier molecular flexibility index (Phi) is 4.10. The lowest BCUT2D eigenvalue weighted by molar-refractivity contribution is 0.252. The van der Waals surface area contributed by atoms with Crippen molar-refractivity contribution in [2.24, 2.45) is 11.3 Å². The highest BCUT2D eigenvalue weighted by atomic mass is 79.9. The van der Waals surface area contributed by atoms with Gasteiger partial charge in [-0.05, 0) is 45.8 Å². The van der Waals surface area contributed by atoms with Crippen LogP contribution in [0.5, 0.6) is 0 Å². The molecule has 19 heavy (non-hydrogen) atoms. The summed E-state index contributed by atoms with van der Waals surface area (Å²) in [5, 5.41) is 0. The highest BCUT2D eigenvalue weighted by Gasteiger charge is 2.38. The molecule has 0 aliphatic carbocycles. The van der Waals surface area contributed by atoms with Crippen LogP contribution in [0.2, 0.25) is 0 Å². The summed E-state index contributed by atoms with van der Waals surface area (Å²) in [6.45, 7) is 7.75. The van der Waals surface area contributed by atoms with Crippen molar-refractivity contribution in [3.63, 3.8) is 0 Å². The van der Waals surface area contributed by atoms with Gasteiger partial charge in [0, 0.05) is 17.6 Å². The number of nitrogens with zero attached hydrogens (tertiary/aromatic N) is 1. The average Bonchev–Trinajstić information content (AvgIpc) is 2.78. The van der Waals surface area contributed by atoms with E-state index in [0.717, 1.165) is 6.42 Å². The molecule has 1 aromatic carbocycles. The maximum atomic E-state index is 12.6. The van der Waals surface area contributed by atoms with Crippen molar-refractivity contribution >= 4 is 26.0 Å². The minimum absolute atomic E-state index is 0.151. The van der Waals surface area contributed by atoms with Gasteiger partial charge in [-0.1, -0.05) is 32.9 Å². The molecule has 2 rings (SSSR count). The zero-order chi connectivity index (χ0) is 14.3. The normalized spacial score (nSPS) is 21.8. The van der Waals surface area contributed by atoms with E-state index in [4.69, 9.17) is 0 Å². The van der Waals surface area contributed by atoms with Gasteiger partial charge in [-0.3, -0.25) is 0 Å². The quantitative estimate of drug-likeness (QED) is 0.822. The Bertz CT molecular complexity index is 563. The van der Waals surface area contributed by atoms with E-state index in [-0.39, 0.29) is 5.41 Å². The van der Waals surface area contributed by atoms with Gasteiger partial charge < -0.3 is 0 Å². The van der Waals surface area contributed by atoms with Crippen molar-refractivity contribution in [3.8, 4) is 0 Å². The van der Waals surface area contributed by atoms with Crippen molar-refractivity contribution < 1.29 is 8.42 Å². The maximum Gasteiger partial charge on any atom is 0.244 e. The third kappa shape index (κ3) is 3.03. The number of hydrogen-bond acceptors (Lipinski definition) is 2. The standard InChI is InChI=1S/C14H20BrNO2S/c1-14(2,3)11-8-9-16(10-11)19(17,18)13-7-5-4-6-12(13)15/h4-7,11H,8-10H2,1-3H3. The minimum Gasteiger partial charge on any atom is -0.207 e. The molecule has 0 bridgehead atoms. The smallest absolute Gasteiger partial charge is 0.207 e. The van der Waals surface area contributed by atoms with Gasteiger partial charge in [0.05, 0.1) is 4.90 Å². The molecule has 0 aromatic heterocycles. The lowest BCUT2D eigenvalue weighted by atomic mass is 9.80. The fourth-order valence-corrected chi connectivity index (χ4v) is 4.91. The van der Waals surface area contributed by atoms with Crippen LogP contribution in [0.4, 0.5) is 0 Å². The highest BCUT2D eigenvalue weighted by molar-refractivity contribution is 9.10. The van der Waals surface area contributed by atoms with E-state index in [1.165, 1.54) is 0 Å². The van der Waals surface area contributed by atoms with Gasteiger partial charge in [0.1, 0.15) is 0 Å². The first-order valence-electron chi connectivity index (χ1n) is 6.47. The molecule has 1 atom stereocenters. The molecule has 1 heterocycles. The predicted molar refractivity (Wildman–Crippen MR) is 80.5 cm³/mol. The van der Waals surface area contributed by atoms with Gasteiger partial charge in [-0.15, -0.1) is 0 Å². The Balaban J connectivity index is 2.26. The Labute approximate surface area is 124 Å². The number of sulfonamides is 1. The Morgan fingerprint density at radius 2 is 1.89 bits per heavy atom. The van der Waals surface area contributed by atoms with E-state index in [2.05, 4.69) is 36.7 Å². The van der Waals surface area contributed by atoms with Crippen LogP contribution in [0.15, 0.2) is 33.6 Å². The Morgan fingerprint density at radius 1 is 1.26 bits per heavy atom. The monoisotopic (exact) mass is 345 g/mol. The minimum atomic E-state index is -3.38. The molecule has 1 saturated heterocycles. The van der Waals surface area contributed by atoms with Crippen LogP contribution in [0, 0.1) is 11.3 Å². The summed E-state index contributed by atoms with van der Waals surface area (Å²) in [6, 6.07) is 7.01. The second-order valence-corrected chi connectivity index (χ2v) is 8.91. The SMILES string of the molecule is CC(C)(C)C1CCN(S(=O)(=O)c2ccccc2Br)C1. The van der Waals surface area contributed by atoms with E-state index in [1.54, 1.807) is 22.5 Å². The Morgan fingerprint density at radius 3 is 2.42 bits per heavy atom. The van der Waals surface area contributed by atoms with Crippen LogP contribution >= 0.6 is 15.9 Å². The second kappa shape index (κ2) is 5.19. The fraction of sp³-hybridized carbons (Fsp3) is 0.571. The third-order valence-corrected chi connectivity index (χ3v) is 6.71. The average molecular weight is 346 g/mol. The molecule has 0 amide bonds. The molecule has 0 spiro atoms. The second-order valence-electron chi connectivity index (χ2n) is 6.15. The van der Waals surface area contributed by atoms with E-state index in [1.807, 2.05) is 6.07 Å². The number of benzene rings is 1. The third-order valence-electron chi connectivity index (χ3n) is 3.83. The maximum absolute atomic E-state index is 12.6. The van der Waals surface area contributed by atoms with Gasteiger partial charge in [-0.25, -0.2) is 8.42 Å². The number of halogens is 1. The zero-order valence-electron chi connectivity index (χ0n) is 11.6. The lowest BCUT2D eigenvalue weighted by Gasteiger charge is -2.27. The van der Waals surface area contributed by atoms with Gasteiger partial charge in [0.15, 0.2) is 0 Å². The van der Waals surface area contributed by atoms with Crippen molar-refractivity contribution in [2.75, 3.05) is 13.1 Å². The van der Waals surface area contributed by atoms with Crippen molar-refractivity contribution in [3.05, 3.63) is 28.7 Å². The first-order chi connectivity index (χ1) is 8.73. The van der Waals surface area contributed by atoms with Crippen LogP contribution < -0.4 is 0 Å². The van der Waals surface area contributed by atoms with Gasteiger partial charge in [-0.2, -0.15) is 4.31 Å². The first kappa shape index (κ1) is 15.0. The predicted octanol–water partition coefficient (Wildman–Crippen LogP) is 3.51. The van der Waals surface area contributed by atoms with E-state index in [9.17, 15) is 8.42 Å². The van der Waals surface area contributed by atoms with E-state index < -0.39 is 10.0 Å². The molecule has 1 unspecified atom stereocenters. The topological polar surface area (TPSA) is 37.4 Å². The summed E-state index contributed by atoms with van der Waals surface area (Å²) >= 11 is 3.33. The molecule has 1 aromatic rings. The molecule has 5 heteroatoms. The lowest BCUT2D eigenvalue weighted by Crippen LogP contribution is -2.31. The molecular formula is C14H20BrNO2S. The number of rotatable bonds is 2. The molecule has 1 aliphatic heterocycles. The molecule has 0 N–H and O–H groups in total. The van der Waals surface area contributed by atoms with Gasteiger partial charge >= 0.3 is 0 Å². The molecule has 0 saturated carbocycles. The fourth-order valence-electron chi connectivity index (χ4n) is 2.45. The molecular weight excluding hydrogens is 326 g/mol. The summed E-state index contributed by atoms with van der Waals surface area (Å²) in [5.41, 5.74) is 0.151. The van der Waals surface area contributed by atoms with Crippen LogP contribution in [0.3, 0.4) is 0 Å². The zero-order valence-corrected chi connectivity index (χ0v) is 14.0. The van der Waals surface area contributed by atoms with Gasteiger partial charge in [0.25, 0.3) is 0 Å². The molecule has 0 radical (unpaired) electrons. The summed E-state index contributed by atoms with van der Waals surface area (Å²) in [6.07, 6.45) is 0.938. The first-order valence-corrected chi connectivity index (χ1v) is 8.71. The van der Waals surface area contributed by atoms with Crippen molar-refractivity contribution in [2.45, 2.75) is 32.1 Å². The molecule has 1 aliphatic rings. The van der Waals surface area contributed by atoms with Crippen LogP contribution in [0.25, 0.3) is 0 Å². The van der Waals surface area contributed by atoms with Crippen LogP contribution in [-0.4, -0.2) is 25.8 Å². The van der Waals surface area contributed by atoms with Crippen LogP contribution in [-0.2, 0) is 10.0 Å². The largest absolute Gasteiger partial charge is 0.244 e. The van der Waals surface area contributed by atoms with Crippen molar-refractivity contribution in [1.29, 1.82) is 0 Å². The molecule has 106 valence electrons. The summed E-state index contributed by atoms with van der Waals surface area (Å²) < 4.78 is 27.5. The molecule has 3 nitrogen and oxygen atoms in total. The highest BCUT2D eigenvalue weighted by Crippen LogP contribution is 2.36. The summed E-state index contributed by atoms with van der Waals surface area (Å²) in [4.78, 5) is 0.365.